The molecule has 0 bridgehead atoms. The summed E-state index contributed by atoms with van der Waals surface area (Å²) in [4.78, 5) is 10.9. The highest BCUT2D eigenvalue weighted by Gasteiger charge is 2.28. The number of hydroxylamine groups is 1. The normalized spacial score (nSPS) is 16.9. The maximum absolute atomic E-state index is 12.1. The highest BCUT2D eigenvalue weighted by atomic mass is 32.2. The van der Waals surface area contributed by atoms with Gasteiger partial charge in [0.05, 0.1) is 16.2 Å². The third kappa shape index (κ3) is 3.55. The topological polar surface area (TPSA) is 76.0 Å². The smallest absolute Gasteiger partial charge is 0.192 e. The summed E-state index contributed by atoms with van der Waals surface area (Å²) >= 11 is 0. The zero-order chi connectivity index (χ0) is 14.6. The summed E-state index contributed by atoms with van der Waals surface area (Å²) in [5, 5.41) is 3.42. The van der Waals surface area contributed by atoms with Crippen molar-refractivity contribution in [1.82, 2.24) is 5.17 Å². The molecule has 110 valence electrons. The molecule has 0 radical (unpaired) electrons. The Morgan fingerprint density at radius 3 is 2.30 bits per heavy atom. The van der Waals surface area contributed by atoms with Crippen molar-refractivity contribution in [1.29, 1.82) is 0 Å². The van der Waals surface area contributed by atoms with Crippen LogP contribution in [0.5, 0.6) is 0 Å². The van der Waals surface area contributed by atoms with Crippen molar-refractivity contribution in [2.75, 3.05) is 0 Å². The Kier molecular flexibility index (Phi) is 4.72. The van der Waals surface area contributed by atoms with Gasteiger partial charge in [-0.05, 0) is 31.9 Å². The molecule has 0 amide bonds. The minimum absolute atomic E-state index is 0.0209. The van der Waals surface area contributed by atoms with Crippen LogP contribution in [0.3, 0.4) is 0 Å². The molecule has 0 N–H and O–H groups in total. The number of aryl methyl sites for hydroxylation is 1. The molecule has 1 aromatic carbocycles. The fraction of sp³-hybridized carbons (Fsp3) is 0.538. The first kappa shape index (κ1) is 14.9. The Labute approximate surface area is 118 Å². The van der Waals surface area contributed by atoms with Gasteiger partial charge in [-0.15, -0.1) is 14.4 Å². The summed E-state index contributed by atoms with van der Waals surface area (Å²) in [6.07, 6.45) is 4.42. The molecule has 0 unspecified atom stereocenters. The SMILES string of the molecule is Cc1ccc(S(=O)(=O)ON(N=O)C2CCCCC2)cc1. The molecule has 1 fully saturated rings. The number of rotatable bonds is 5. The molecule has 0 spiro atoms. The van der Waals surface area contributed by atoms with E-state index in [2.05, 4.69) is 5.29 Å². The monoisotopic (exact) mass is 298 g/mol. The molecule has 7 heteroatoms. The van der Waals surface area contributed by atoms with Gasteiger partial charge in [-0.1, -0.05) is 37.0 Å². The summed E-state index contributed by atoms with van der Waals surface area (Å²) < 4.78 is 29.1. The largest absolute Gasteiger partial charge is 0.319 e. The van der Waals surface area contributed by atoms with Crippen LogP contribution in [0, 0.1) is 11.8 Å². The van der Waals surface area contributed by atoms with Crippen LogP contribution in [-0.2, 0) is 14.4 Å². The number of hydrogen-bond acceptors (Lipinski definition) is 5. The fourth-order valence-corrected chi connectivity index (χ4v) is 3.20. The lowest BCUT2D eigenvalue weighted by Crippen LogP contribution is -2.34. The predicted molar refractivity (Wildman–Crippen MR) is 74.0 cm³/mol. The summed E-state index contributed by atoms with van der Waals surface area (Å²) in [7, 11) is -4.01. The van der Waals surface area contributed by atoms with Gasteiger partial charge < -0.3 is 0 Å². The molecule has 0 atom stereocenters. The van der Waals surface area contributed by atoms with E-state index in [1.54, 1.807) is 12.1 Å². The van der Waals surface area contributed by atoms with E-state index in [1.807, 2.05) is 6.92 Å². The third-order valence-electron chi connectivity index (χ3n) is 3.45. The first-order chi connectivity index (χ1) is 9.53. The van der Waals surface area contributed by atoms with Crippen LogP contribution in [0.1, 0.15) is 37.7 Å². The first-order valence-electron chi connectivity index (χ1n) is 6.67. The maximum Gasteiger partial charge on any atom is 0.319 e. The minimum atomic E-state index is -4.01. The molecule has 0 heterocycles. The zero-order valence-electron chi connectivity index (χ0n) is 11.4. The van der Waals surface area contributed by atoms with Gasteiger partial charge in [0.1, 0.15) is 0 Å². The van der Waals surface area contributed by atoms with E-state index in [9.17, 15) is 13.3 Å². The van der Waals surface area contributed by atoms with Crippen LogP contribution in [-0.4, -0.2) is 19.6 Å². The van der Waals surface area contributed by atoms with Crippen molar-refractivity contribution in [3.63, 3.8) is 0 Å². The standard InChI is InChI=1S/C13H18N2O4S/c1-11-7-9-13(10-8-11)20(17,18)19-15(14-16)12-5-3-2-4-6-12/h7-10,12H,2-6H2,1H3. The fourth-order valence-electron chi connectivity index (χ4n) is 2.29. The van der Waals surface area contributed by atoms with Gasteiger partial charge in [-0.2, -0.15) is 8.42 Å². The van der Waals surface area contributed by atoms with Crippen molar-refractivity contribution in [2.24, 2.45) is 5.29 Å². The molecule has 20 heavy (non-hydrogen) atoms. The second-order valence-corrected chi connectivity index (χ2v) is 6.55. The van der Waals surface area contributed by atoms with Gasteiger partial charge in [0.15, 0.2) is 0 Å². The van der Waals surface area contributed by atoms with Gasteiger partial charge in [0, 0.05) is 0 Å². The molecule has 1 saturated carbocycles. The lowest BCUT2D eigenvalue weighted by atomic mass is 9.96. The zero-order valence-corrected chi connectivity index (χ0v) is 12.2. The maximum atomic E-state index is 12.1. The van der Waals surface area contributed by atoms with Crippen molar-refractivity contribution in [2.45, 2.75) is 50.0 Å². The van der Waals surface area contributed by atoms with Crippen molar-refractivity contribution >= 4 is 10.1 Å². The molecule has 0 saturated heterocycles. The van der Waals surface area contributed by atoms with Gasteiger partial charge >= 0.3 is 10.1 Å². The van der Waals surface area contributed by atoms with Crippen LogP contribution in [0.25, 0.3) is 0 Å². The van der Waals surface area contributed by atoms with Gasteiger partial charge in [-0.3, -0.25) is 0 Å². The van der Waals surface area contributed by atoms with E-state index in [4.69, 9.17) is 4.28 Å². The molecule has 6 nitrogen and oxygen atoms in total. The second-order valence-electron chi connectivity index (χ2n) is 5.02. The molecule has 2 rings (SSSR count). The number of benzene rings is 1. The highest BCUT2D eigenvalue weighted by Crippen LogP contribution is 2.25. The van der Waals surface area contributed by atoms with Crippen LogP contribution in [0.4, 0.5) is 0 Å². The van der Waals surface area contributed by atoms with Crippen molar-refractivity contribution in [3.05, 3.63) is 34.7 Å². The predicted octanol–water partition coefficient (Wildman–Crippen LogP) is 2.93. The average molecular weight is 298 g/mol. The molecule has 1 aromatic rings. The van der Waals surface area contributed by atoms with E-state index in [0.29, 0.717) is 5.17 Å². The number of nitrogens with zero attached hydrogens (tertiary/aromatic N) is 2. The van der Waals surface area contributed by atoms with Crippen LogP contribution in [0.2, 0.25) is 0 Å². The second kappa shape index (κ2) is 6.32. The molecular weight excluding hydrogens is 280 g/mol. The van der Waals surface area contributed by atoms with E-state index < -0.39 is 10.1 Å². The minimum Gasteiger partial charge on any atom is -0.192 e. The summed E-state index contributed by atoms with van der Waals surface area (Å²) in [5.41, 5.74) is 0.946. The third-order valence-corrected chi connectivity index (χ3v) is 4.65. The Balaban J connectivity index is 2.12. The van der Waals surface area contributed by atoms with Crippen LogP contribution < -0.4 is 0 Å². The number of nitroso groups, excluding NO2 is 1. The highest BCUT2D eigenvalue weighted by molar-refractivity contribution is 7.86. The van der Waals surface area contributed by atoms with Crippen LogP contribution in [0.15, 0.2) is 34.4 Å². The Hall–Kier alpha value is -1.47. The Morgan fingerprint density at radius 2 is 1.75 bits per heavy atom. The van der Waals surface area contributed by atoms with E-state index in [1.165, 1.54) is 12.1 Å². The van der Waals surface area contributed by atoms with E-state index in [0.717, 1.165) is 37.7 Å². The number of hydrogen-bond donors (Lipinski definition) is 0. The molecule has 0 aromatic heterocycles. The molecule has 0 aliphatic heterocycles. The van der Waals surface area contributed by atoms with Gasteiger partial charge in [-0.25, -0.2) is 0 Å². The van der Waals surface area contributed by atoms with Crippen molar-refractivity contribution < 1.29 is 12.7 Å². The summed E-state index contributed by atoms with van der Waals surface area (Å²) in [5.74, 6) is 0. The summed E-state index contributed by atoms with van der Waals surface area (Å²) in [6.45, 7) is 1.86. The lowest BCUT2D eigenvalue weighted by Gasteiger charge is -2.27. The molecular formula is C13H18N2O4S. The quantitative estimate of drug-likeness (QED) is 0.617. The average Bonchev–Trinajstić information content (AvgIpc) is 2.46. The Bertz CT molecular complexity index is 550. The van der Waals surface area contributed by atoms with Gasteiger partial charge in [0.2, 0.25) is 0 Å². The first-order valence-corrected chi connectivity index (χ1v) is 8.07. The Morgan fingerprint density at radius 1 is 1.15 bits per heavy atom. The van der Waals surface area contributed by atoms with E-state index >= 15 is 0 Å². The molecule has 1 aliphatic carbocycles. The lowest BCUT2D eigenvalue weighted by molar-refractivity contribution is -0.100. The van der Waals surface area contributed by atoms with Crippen molar-refractivity contribution in [3.8, 4) is 0 Å². The van der Waals surface area contributed by atoms with E-state index in [-0.39, 0.29) is 10.9 Å². The molecule has 1 aliphatic rings. The van der Waals surface area contributed by atoms with Crippen LogP contribution >= 0.6 is 0 Å². The van der Waals surface area contributed by atoms with Gasteiger partial charge in [0.25, 0.3) is 0 Å². The summed E-state index contributed by atoms with van der Waals surface area (Å²) in [6, 6.07) is 6.00.